The van der Waals surface area contributed by atoms with Gasteiger partial charge in [0, 0.05) is 25.2 Å². The van der Waals surface area contributed by atoms with E-state index in [9.17, 15) is 9.59 Å². The molecule has 2 aromatic rings. The van der Waals surface area contributed by atoms with Crippen molar-refractivity contribution >= 4 is 22.9 Å². The lowest BCUT2D eigenvalue weighted by molar-refractivity contribution is -0.127. The topological polar surface area (TPSA) is 60.8 Å². The summed E-state index contributed by atoms with van der Waals surface area (Å²) in [5.74, 6) is 0.443. The molecule has 25 heavy (non-hydrogen) atoms. The van der Waals surface area contributed by atoms with Gasteiger partial charge in [-0.05, 0) is 44.9 Å². The summed E-state index contributed by atoms with van der Waals surface area (Å²) in [7, 11) is 3.39. The largest absolute Gasteiger partial charge is 0.496 e. The van der Waals surface area contributed by atoms with Crippen molar-refractivity contribution in [2.45, 2.75) is 38.7 Å². The van der Waals surface area contributed by atoms with Gasteiger partial charge < -0.3 is 14.4 Å². The summed E-state index contributed by atoms with van der Waals surface area (Å²) in [5.41, 5.74) is 0.898. The van der Waals surface area contributed by atoms with Gasteiger partial charge in [0.1, 0.15) is 11.4 Å². The number of carbonyl (C=O) groups is 2. The molecule has 1 fully saturated rings. The van der Waals surface area contributed by atoms with Gasteiger partial charge in [0.15, 0.2) is 0 Å². The molecule has 1 aromatic carbocycles. The zero-order chi connectivity index (χ0) is 18.4. The highest BCUT2D eigenvalue weighted by Gasteiger charge is 2.34. The Bertz CT molecular complexity index is 832. The van der Waals surface area contributed by atoms with Gasteiger partial charge in [-0.1, -0.05) is 6.07 Å². The molecule has 134 valence electrons. The number of hydrogen-bond donors (Lipinski definition) is 0. The van der Waals surface area contributed by atoms with Gasteiger partial charge in [0.25, 0.3) is 0 Å². The number of benzene rings is 1. The van der Waals surface area contributed by atoms with E-state index in [-0.39, 0.29) is 11.8 Å². The Morgan fingerprint density at radius 1 is 1.28 bits per heavy atom. The van der Waals surface area contributed by atoms with Crippen LogP contribution in [-0.2, 0) is 9.53 Å². The molecule has 6 nitrogen and oxygen atoms in total. The third-order valence-corrected chi connectivity index (χ3v) is 4.43. The van der Waals surface area contributed by atoms with Crippen molar-refractivity contribution in [1.29, 1.82) is 0 Å². The summed E-state index contributed by atoms with van der Waals surface area (Å²) in [5, 5.41) is 0.796. The molecule has 6 heteroatoms. The first-order valence-electron chi connectivity index (χ1n) is 8.39. The first-order chi connectivity index (χ1) is 11.7. The highest BCUT2D eigenvalue weighted by Crippen LogP contribution is 2.39. The average molecular weight is 344 g/mol. The Labute approximate surface area is 147 Å². The minimum atomic E-state index is -0.601. The summed E-state index contributed by atoms with van der Waals surface area (Å²) >= 11 is 0. The molecule has 0 spiro atoms. The van der Waals surface area contributed by atoms with Crippen molar-refractivity contribution in [3.8, 4) is 5.75 Å². The number of nitrogens with zero attached hydrogens (tertiary/aromatic N) is 2. The van der Waals surface area contributed by atoms with E-state index in [1.807, 2.05) is 39.0 Å². The quantitative estimate of drug-likeness (QED) is 0.838. The fourth-order valence-corrected chi connectivity index (χ4v) is 3.29. The predicted octanol–water partition coefficient (Wildman–Crippen LogP) is 3.38. The number of carbonyl (C=O) groups excluding carboxylic acids is 2. The van der Waals surface area contributed by atoms with E-state index < -0.39 is 11.7 Å². The van der Waals surface area contributed by atoms with Crippen LogP contribution in [0.1, 0.15) is 38.7 Å². The van der Waals surface area contributed by atoms with Crippen LogP contribution in [-0.4, -0.2) is 47.8 Å². The molecule has 0 radical (unpaired) electrons. The third-order valence-electron chi connectivity index (χ3n) is 4.43. The lowest BCUT2D eigenvalue weighted by atomic mass is 9.97. The normalized spacial score (nSPS) is 18.0. The molecule has 1 aliphatic heterocycles. The van der Waals surface area contributed by atoms with E-state index in [1.165, 1.54) is 4.57 Å². The predicted molar refractivity (Wildman–Crippen MR) is 95.1 cm³/mol. The van der Waals surface area contributed by atoms with Crippen LogP contribution in [0.2, 0.25) is 0 Å². The smallest absolute Gasteiger partial charge is 0.419 e. The minimum Gasteiger partial charge on any atom is -0.496 e. The molecule has 0 bridgehead atoms. The lowest BCUT2D eigenvalue weighted by Crippen LogP contribution is -2.26. The van der Waals surface area contributed by atoms with E-state index in [4.69, 9.17) is 9.47 Å². The molecule has 0 saturated carbocycles. The maximum atomic E-state index is 12.7. The van der Waals surface area contributed by atoms with Gasteiger partial charge in [-0.3, -0.25) is 9.36 Å². The molecule has 2 heterocycles. The highest BCUT2D eigenvalue weighted by atomic mass is 16.6. The summed E-state index contributed by atoms with van der Waals surface area (Å²) in [6.45, 7) is 6.19. The van der Waals surface area contributed by atoms with Crippen molar-refractivity contribution in [2.75, 3.05) is 20.7 Å². The molecule has 1 amide bonds. The van der Waals surface area contributed by atoms with Crippen molar-refractivity contribution < 1.29 is 19.1 Å². The van der Waals surface area contributed by atoms with Crippen LogP contribution in [0, 0.1) is 0 Å². The van der Waals surface area contributed by atoms with Crippen molar-refractivity contribution in [3.05, 3.63) is 30.0 Å². The molecule has 3 rings (SSSR count). The van der Waals surface area contributed by atoms with Crippen LogP contribution in [0.5, 0.6) is 5.75 Å². The molecule has 1 unspecified atom stereocenters. The number of rotatable bonds is 2. The van der Waals surface area contributed by atoms with Crippen molar-refractivity contribution in [1.82, 2.24) is 9.47 Å². The second-order valence-corrected chi connectivity index (χ2v) is 7.39. The van der Waals surface area contributed by atoms with Crippen LogP contribution in [0.4, 0.5) is 4.79 Å². The highest BCUT2D eigenvalue weighted by molar-refractivity contribution is 6.00. The Morgan fingerprint density at radius 3 is 2.56 bits per heavy atom. The van der Waals surface area contributed by atoms with Gasteiger partial charge in [0.05, 0.1) is 18.5 Å². The van der Waals surface area contributed by atoms with Gasteiger partial charge in [-0.25, -0.2) is 4.79 Å². The van der Waals surface area contributed by atoms with Crippen LogP contribution in [0.25, 0.3) is 10.9 Å². The summed E-state index contributed by atoms with van der Waals surface area (Å²) in [6, 6.07) is 5.51. The maximum absolute atomic E-state index is 12.7. The standard InChI is InChI=1S/C19H24N2O4/c1-19(2,3)25-18(23)21-11-13(12-9-10-20(4)17(12)22)16-14(21)7-6-8-15(16)24-5/h6-8,11-12H,9-10H2,1-5H3. The molecular weight excluding hydrogens is 320 g/mol. The minimum absolute atomic E-state index is 0.0640. The van der Waals surface area contributed by atoms with E-state index in [2.05, 4.69) is 0 Å². The number of amides is 1. The number of ether oxygens (including phenoxy) is 2. The number of aromatic nitrogens is 1. The van der Waals surface area contributed by atoms with Crippen LogP contribution in [0.3, 0.4) is 0 Å². The number of fused-ring (bicyclic) bond motifs is 1. The third kappa shape index (κ3) is 3.08. The SMILES string of the molecule is COc1cccc2c1c(C1CCN(C)C1=O)cn2C(=O)OC(C)(C)C. The molecule has 1 aromatic heterocycles. The fourth-order valence-electron chi connectivity index (χ4n) is 3.29. The van der Waals surface area contributed by atoms with Crippen molar-refractivity contribution in [3.63, 3.8) is 0 Å². The molecule has 0 N–H and O–H groups in total. The van der Waals surface area contributed by atoms with Gasteiger partial charge in [-0.2, -0.15) is 0 Å². The van der Waals surface area contributed by atoms with Gasteiger partial charge in [0.2, 0.25) is 5.91 Å². The second kappa shape index (κ2) is 6.10. The first kappa shape index (κ1) is 17.3. The molecule has 1 saturated heterocycles. The molecule has 1 aliphatic rings. The number of methoxy groups -OCH3 is 1. The van der Waals surface area contributed by atoms with E-state index >= 15 is 0 Å². The van der Waals surface area contributed by atoms with E-state index in [0.29, 0.717) is 17.8 Å². The zero-order valence-electron chi connectivity index (χ0n) is 15.3. The number of likely N-dealkylation sites (tertiary alicyclic amines) is 1. The Morgan fingerprint density at radius 2 is 2.00 bits per heavy atom. The Balaban J connectivity index is 2.17. The van der Waals surface area contributed by atoms with Crippen molar-refractivity contribution in [2.24, 2.45) is 0 Å². The van der Waals surface area contributed by atoms with Gasteiger partial charge >= 0.3 is 6.09 Å². The maximum Gasteiger partial charge on any atom is 0.419 e. The van der Waals surface area contributed by atoms with Crippen LogP contribution >= 0.6 is 0 Å². The summed E-state index contributed by atoms with van der Waals surface area (Å²) in [4.78, 5) is 26.9. The molecule has 1 atom stereocenters. The average Bonchev–Trinajstić information content (AvgIpc) is 3.07. The van der Waals surface area contributed by atoms with Crippen LogP contribution < -0.4 is 4.74 Å². The fraction of sp³-hybridized carbons (Fsp3) is 0.474. The number of likely N-dealkylation sites (N-methyl/N-ethyl adjacent to an activating group) is 1. The van der Waals surface area contributed by atoms with E-state index in [1.54, 1.807) is 25.3 Å². The zero-order valence-corrected chi connectivity index (χ0v) is 15.3. The second-order valence-electron chi connectivity index (χ2n) is 7.39. The molecular formula is C19H24N2O4. The van der Waals surface area contributed by atoms with E-state index in [0.717, 1.165) is 17.4 Å². The van der Waals surface area contributed by atoms with Gasteiger partial charge in [-0.15, -0.1) is 0 Å². The number of hydrogen-bond acceptors (Lipinski definition) is 4. The summed E-state index contributed by atoms with van der Waals surface area (Å²) < 4.78 is 12.5. The monoisotopic (exact) mass is 344 g/mol. The van der Waals surface area contributed by atoms with Crippen LogP contribution in [0.15, 0.2) is 24.4 Å². The lowest BCUT2D eigenvalue weighted by Gasteiger charge is -2.19. The summed E-state index contributed by atoms with van der Waals surface area (Å²) in [6.07, 6.45) is 1.99. The Kier molecular flexibility index (Phi) is 4.22. The Hall–Kier alpha value is -2.50. The molecule has 0 aliphatic carbocycles. The first-order valence-corrected chi connectivity index (χ1v) is 8.39.